The molecule has 3 aromatic rings. The average molecular weight is 451 g/mol. The lowest BCUT2D eigenvalue weighted by Crippen LogP contribution is -2.41. The maximum Gasteiger partial charge on any atom is 0.416 e. The van der Waals surface area contributed by atoms with E-state index in [1.165, 1.54) is 17.0 Å². The second-order valence-corrected chi connectivity index (χ2v) is 7.67. The van der Waals surface area contributed by atoms with Crippen molar-refractivity contribution in [3.8, 4) is 0 Å². The Bertz CT molecular complexity index is 1050. The minimum Gasteiger partial charge on any atom is -0.316 e. The molecule has 0 radical (unpaired) electrons. The fourth-order valence-corrected chi connectivity index (χ4v) is 3.40. The summed E-state index contributed by atoms with van der Waals surface area (Å²) in [5.74, 6) is 0.205. The minimum atomic E-state index is -4.39. The molecule has 9 heteroatoms. The van der Waals surface area contributed by atoms with Crippen molar-refractivity contribution in [3.05, 3.63) is 82.0 Å². The SMILES string of the molecule is Cc1cc(N(CCc2ccc(C(F)(F)F)cc2)C(=O)[C@H](N)c2ccc(Cl)cc2)n(C)n1. The van der Waals surface area contributed by atoms with Gasteiger partial charge in [0.1, 0.15) is 11.9 Å². The molecule has 0 fully saturated rings. The largest absolute Gasteiger partial charge is 0.416 e. The Morgan fingerprint density at radius 3 is 2.29 bits per heavy atom. The number of aryl methyl sites for hydroxylation is 2. The van der Waals surface area contributed by atoms with E-state index in [1.807, 2.05) is 0 Å². The standard InChI is InChI=1S/C22H22ClF3N4O/c1-14-13-19(29(2)28-14)30(21(31)20(27)16-5-9-18(23)10-6-16)12-11-15-3-7-17(8-4-15)22(24,25)26/h3-10,13,20H,11-12,27H2,1-2H3/t20-/m1/s1. The molecule has 5 nitrogen and oxygen atoms in total. The highest BCUT2D eigenvalue weighted by atomic mass is 35.5. The highest BCUT2D eigenvalue weighted by Gasteiger charge is 2.30. The monoisotopic (exact) mass is 450 g/mol. The van der Waals surface area contributed by atoms with Gasteiger partial charge in [-0.25, -0.2) is 0 Å². The van der Waals surface area contributed by atoms with Crippen molar-refractivity contribution in [2.75, 3.05) is 11.4 Å². The van der Waals surface area contributed by atoms with E-state index in [1.54, 1.807) is 49.0 Å². The Morgan fingerprint density at radius 2 is 1.77 bits per heavy atom. The van der Waals surface area contributed by atoms with Crippen molar-refractivity contribution in [2.45, 2.75) is 25.6 Å². The zero-order valence-electron chi connectivity index (χ0n) is 17.0. The summed E-state index contributed by atoms with van der Waals surface area (Å²) in [4.78, 5) is 14.8. The number of rotatable bonds is 6. The molecule has 0 aliphatic carbocycles. The van der Waals surface area contributed by atoms with Gasteiger partial charge in [0.25, 0.3) is 0 Å². The summed E-state index contributed by atoms with van der Waals surface area (Å²) in [6.07, 6.45) is -4.04. The summed E-state index contributed by atoms with van der Waals surface area (Å²) in [5, 5.41) is 4.82. The van der Waals surface area contributed by atoms with Crippen molar-refractivity contribution in [2.24, 2.45) is 12.8 Å². The Hall–Kier alpha value is -2.84. The van der Waals surface area contributed by atoms with Gasteiger partial charge in [-0.15, -0.1) is 0 Å². The van der Waals surface area contributed by atoms with Crippen LogP contribution in [0.25, 0.3) is 0 Å². The molecule has 0 unspecified atom stereocenters. The summed E-state index contributed by atoms with van der Waals surface area (Å²) >= 11 is 5.92. The Balaban J connectivity index is 1.84. The maximum absolute atomic E-state index is 13.3. The van der Waals surface area contributed by atoms with Crippen LogP contribution >= 0.6 is 11.6 Å². The second kappa shape index (κ2) is 9.11. The molecule has 0 aliphatic rings. The first-order chi connectivity index (χ1) is 14.6. The molecule has 1 aromatic heterocycles. The van der Waals surface area contributed by atoms with Crippen LogP contribution in [0, 0.1) is 6.92 Å². The minimum absolute atomic E-state index is 0.227. The van der Waals surface area contributed by atoms with Gasteiger partial charge in [0.15, 0.2) is 0 Å². The van der Waals surface area contributed by atoms with Crippen LogP contribution in [-0.2, 0) is 24.4 Å². The fourth-order valence-electron chi connectivity index (χ4n) is 3.27. The molecule has 164 valence electrons. The van der Waals surface area contributed by atoms with E-state index in [0.29, 0.717) is 28.4 Å². The molecule has 0 bridgehead atoms. The number of aromatic nitrogens is 2. The number of nitrogens with zero attached hydrogens (tertiary/aromatic N) is 3. The molecular formula is C22H22ClF3N4O. The quantitative estimate of drug-likeness (QED) is 0.593. The number of nitrogens with two attached hydrogens (primary N) is 1. The van der Waals surface area contributed by atoms with E-state index in [9.17, 15) is 18.0 Å². The third-order valence-corrected chi connectivity index (χ3v) is 5.17. The van der Waals surface area contributed by atoms with Gasteiger partial charge in [-0.1, -0.05) is 35.9 Å². The lowest BCUT2D eigenvalue weighted by Gasteiger charge is -2.26. The molecule has 3 rings (SSSR count). The zero-order valence-corrected chi connectivity index (χ0v) is 17.8. The summed E-state index contributed by atoms with van der Waals surface area (Å²) < 4.78 is 40.0. The first-order valence-corrected chi connectivity index (χ1v) is 9.93. The molecule has 0 saturated carbocycles. The van der Waals surface area contributed by atoms with E-state index in [0.717, 1.165) is 17.8 Å². The van der Waals surface area contributed by atoms with Crippen LogP contribution in [0.1, 0.15) is 28.4 Å². The lowest BCUT2D eigenvalue weighted by molar-refractivity contribution is -0.137. The molecule has 0 aliphatic heterocycles. The number of carbonyl (C=O) groups excluding carboxylic acids is 1. The highest BCUT2D eigenvalue weighted by Crippen LogP contribution is 2.29. The Morgan fingerprint density at radius 1 is 1.16 bits per heavy atom. The number of hydrogen-bond acceptors (Lipinski definition) is 3. The van der Waals surface area contributed by atoms with Gasteiger partial charge in [-0.2, -0.15) is 18.3 Å². The fraction of sp³-hybridized carbons (Fsp3) is 0.273. The maximum atomic E-state index is 13.3. The van der Waals surface area contributed by atoms with Crippen molar-refractivity contribution in [1.29, 1.82) is 0 Å². The van der Waals surface area contributed by atoms with Crippen LogP contribution in [0.2, 0.25) is 5.02 Å². The predicted octanol–water partition coefficient (Wildman–Crippen LogP) is 4.68. The van der Waals surface area contributed by atoms with Crippen LogP contribution in [0.15, 0.2) is 54.6 Å². The summed E-state index contributed by atoms with van der Waals surface area (Å²) in [5.41, 5.74) is 7.52. The Labute approximate surface area is 183 Å². The van der Waals surface area contributed by atoms with Gasteiger partial charge in [-0.3, -0.25) is 14.4 Å². The second-order valence-electron chi connectivity index (χ2n) is 7.23. The van der Waals surface area contributed by atoms with Crippen LogP contribution < -0.4 is 10.6 Å². The number of amides is 1. The van der Waals surface area contributed by atoms with Crippen LogP contribution in [0.5, 0.6) is 0 Å². The third-order valence-electron chi connectivity index (χ3n) is 4.92. The van der Waals surface area contributed by atoms with E-state index in [2.05, 4.69) is 5.10 Å². The lowest BCUT2D eigenvalue weighted by atomic mass is 10.1. The number of alkyl halides is 3. The molecule has 1 heterocycles. The van der Waals surface area contributed by atoms with Crippen molar-refractivity contribution >= 4 is 23.3 Å². The van der Waals surface area contributed by atoms with E-state index in [-0.39, 0.29) is 12.5 Å². The molecule has 0 spiro atoms. The highest BCUT2D eigenvalue weighted by molar-refractivity contribution is 6.30. The van der Waals surface area contributed by atoms with Crippen LogP contribution in [0.3, 0.4) is 0 Å². The van der Waals surface area contributed by atoms with E-state index < -0.39 is 17.8 Å². The molecular weight excluding hydrogens is 429 g/mol. The zero-order chi connectivity index (χ0) is 22.8. The van der Waals surface area contributed by atoms with E-state index in [4.69, 9.17) is 17.3 Å². The summed E-state index contributed by atoms with van der Waals surface area (Å²) in [7, 11) is 1.72. The van der Waals surface area contributed by atoms with Gasteiger partial charge < -0.3 is 5.73 Å². The number of hydrogen-bond donors (Lipinski definition) is 1. The van der Waals surface area contributed by atoms with Gasteiger partial charge in [0.2, 0.25) is 5.91 Å². The topological polar surface area (TPSA) is 64.2 Å². The molecule has 2 N–H and O–H groups in total. The van der Waals surface area contributed by atoms with Crippen molar-refractivity contribution in [3.63, 3.8) is 0 Å². The van der Waals surface area contributed by atoms with Crippen molar-refractivity contribution < 1.29 is 18.0 Å². The van der Waals surface area contributed by atoms with Crippen molar-refractivity contribution in [1.82, 2.24) is 9.78 Å². The third kappa shape index (κ3) is 5.45. The van der Waals surface area contributed by atoms with E-state index >= 15 is 0 Å². The predicted molar refractivity (Wildman–Crippen MR) is 114 cm³/mol. The number of anilines is 1. The Kier molecular flexibility index (Phi) is 6.71. The van der Waals surface area contributed by atoms with Gasteiger partial charge in [0, 0.05) is 24.7 Å². The average Bonchev–Trinajstić information content (AvgIpc) is 3.05. The number of benzene rings is 2. The first kappa shape index (κ1) is 22.8. The molecule has 0 saturated heterocycles. The van der Waals surface area contributed by atoms with Gasteiger partial charge in [0.05, 0.1) is 11.3 Å². The molecule has 31 heavy (non-hydrogen) atoms. The smallest absolute Gasteiger partial charge is 0.316 e. The van der Waals surface area contributed by atoms with Crippen LogP contribution in [-0.4, -0.2) is 22.2 Å². The van der Waals surface area contributed by atoms with Gasteiger partial charge >= 0.3 is 6.18 Å². The molecule has 1 atom stereocenters. The van der Waals surface area contributed by atoms with Crippen LogP contribution in [0.4, 0.5) is 19.0 Å². The normalized spacial score (nSPS) is 12.6. The summed E-state index contributed by atoms with van der Waals surface area (Å²) in [6, 6.07) is 12.4. The molecule has 1 amide bonds. The number of halogens is 4. The summed E-state index contributed by atoms with van der Waals surface area (Å²) in [6.45, 7) is 2.03. The van der Waals surface area contributed by atoms with Gasteiger partial charge in [-0.05, 0) is 48.7 Å². The first-order valence-electron chi connectivity index (χ1n) is 9.55. The molecule has 2 aromatic carbocycles. The number of carbonyl (C=O) groups is 1.